The van der Waals surface area contributed by atoms with Crippen molar-refractivity contribution >= 4 is 126 Å². The maximum atomic E-state index is 12.6. The summed E-state index contributed by atoms with van der Waals surface area (Å²) in [5.41, 5.74) is 4.09. The standard InChI is InChI=1S/C25H42O5Si4.C23H36O3Si3.CH4P2S.7CH4.H2P2S/c1-31(2)29-34(8,28-21-33(6,7)30-32(3,4)5)20-12-19-27-24-17-15-23(16-18-24)25(26)22-13-10-9-11-14-22;1-27(2)19-29(6,26-28(3,4)5)18-10-17-25-22-15-13-21(14-16-22)23(24)20-11-8-7-9-12-20;1-2-3-4;;;;;;;;1-2-3/h9-11,13-18,31H,12,19-21H2,1-8H3;7-9,11-16,27H,10,17-19H2,1-6H3;2H,1H3;7*1H4;1H2. The fourth-order valence-corrected chi connectivity index (χ4v) is 38.9. The van der Waals surface area contributed by atoms with Crippen molar-refractivity contribution in [3.8, 4) is 11.5 Å². The topological polar surface area (TPSA) is 89.5 Å². The van der Waals surface area contributed by atoms with Crippen molar-refractivity contribution in [3.05, 3.63) is 131 Å². The molecule has 8 nitrogen and oxygen atoms in total. The maximum absolute atomic E-state index is 12.6. The van der Waals surface area contributed by atoms with Crippen LogP contribution in [0.4, 0.5) is 0 Å². The van der Waals surface area contributed by atoms with E-state index in [2.05, 4.69) is 131 Å². The van der Waals surface area contributed by atoms with E-state index in [0.717, 1.165) is 58.8 Å². The SMILES string of the molecule is C.C.C.C.C.C.C.CPP=S.C[SiH](C)C[Si](C)(CCCOc1ccc(C(=O)c2ccccc2)cc1)O[Si](C)(C)C.C[SiH](C)O[Si](C)(CCCOc1ccc(C(=O)c2ccccc2)cc1)OC[Si](C)(C)O[Si](C)(C)C.PP=S. The molecule has 0 saturated heterocycles. The summed E-state index contributed by atoms with van der Waals surface area (Å²) in [6.07, 6.45) is 2.57. The molecule has 0 aliphatic carbocycles. The first-order chi connectivity index (χ1) is 32.7. The van der Waals surface area contributed by atoms with E-state index in [1.807, 2.05) is 109 Å². The molecule has 0 amide bonds. The monoisotopic (exact) mass is 1300 g/mol. The average Bonchev–Trinajstić information content (AvgIpc) is 3.28. The van der Waals surface area contributed by atoms with Crippen LogP contribution in [0.15, 0.2) is 109 Å². The van der Waals surface area contributed by atoms with Gasteiger partial charge >= 0.3 is 8.56 Å². The Bertz CT molecular complexity index is 2110. The third-order valence-electron chi connectivity index (χ3n) is 9.74. The van der Waals surface area contributed by atoms with Crippen molar-refractivity contribution in [3.63, 3.8) is 0 Å². The molecule has 0 aromatic heterocycles. The van der Waals surface area contributed by atoms with Gasteiger partial charge in [0.05, 0.1) is 19.4 Å². The summed E-state index contributed by atoms with van der Waals surface area (Å²) in [6.45, 7) is 35.3. The minimum Gasteiger partial charge on any atom is -0.494 e. The van der Waals surface area contributed by atoms with E-state index in [4.69, 9.17) is 26.2 Å². The number of ether oxygens (including phenoxy) is 2. The molecule has 444 valence electrons. The number of ketones is 2. The highest BCUT2D eigenvalue weighted by atomic mass is 32.6. The van der Waals surface area contributed by atoms with Gasteiger partial charge in [0.15, 0.2) is 53.9 Å². The van der Waals surface area contributed by atoms with E-state index in [9.17, 15) is 9.59 Å². The fourth-order valence-electron chi connectivity index (χ4n) is 7.78. The molecular formula is C56H112O8P4S2Si7. The van der Waals surface area contributed by atoms with Crippen molar-refractivity contribution in [2.24, 2.45) is 0 Å². The molecule has 4 rings (SSSR count). The van der Waals surface area contributed by atoms with Crippen molar-refractivity contribution in [2.45, 2.75) is 174 Å². The Hall–Kier alpha value is -0.922. The third-order valence-corrected chi connectivity index (χ3v) is 36.4. The van der Waals surface area contributed by atoms with E-state index < -0.39 is 59.7 Å². The van der Waals surface area contributed by atoms with Gasteiger partial charge in [-0.2, -0.15) is 0 Å². The Kier molecular flexibility index (Phi) is 54.3. The summed E-state index contributed by atoms with van der Waals surface area (Å²) in [4.78, 5) is 25.0. The molecule has 4 atom stereocenters. The number of rotatable bonds is 26. The summed E-state index contributed by atoms with van der Waals surface area (Å²) in [5, 5.41) is 0. The summed E-state index contributed by atoms with van der Waals surface area (Å²) < 4.78 is 38.0. The number of hydrogen-bond donors (Lipinski definition) is 0. The summed E-state index contributed by atoms with van der Waals surface area (Å²) >= 11 is 8.87. The molecule has 0 N–H and O–H groups in total. The molecule has 4 aromatic rings. The first kappa shape index (κ1) is 89.9. The fraction of sp³-hybridized carbons (Fsp3) is 0.536. The highest BCUT2D eigenvalue weighted by molar-refractivity contribution is 8.30. The second kappa shape index (κ2) is 46.5. The first-order valence-electron chi connectivity index (χ1n) is 24.1. The van der Waals surface area contributed by atoms with Gasteiger partial charge in [-0.3, -0.25) is 9.59 Å². The average molecular weight is 1300 g/mol. The van der Waals surface area contributed by atoms with E-state index >= 15 is 0 Å². The lowest BCUT2D eigenvalue weighted by Gasteiger charge is -2.36. The minimum atomic E-state index is -2.29. The Balaban J connectivity index is -0.000000211. The Morgan fingerprint density at radius 3 is 1.21 bits per heavy atom. The van der Waals surface area contributed by atoms with Gasteiger partial charge in [0.1, 0.15) is 11.5 Å². The molecule has 4 aromatic carbocycles. The highest BCUT2D eigenvalue weighted by Gasteiger charge is 2.38. The zero-order chi connectivity index (χ0) is 53.0. The lowest BCUT2D eigenvalue weighted by Crippen LogP contribution is -2.51. The van der Waals surface area contributed by atoms with E-state index in [-0.39, 0.29) is 63.6 Å². The van der Waals surface area contributed by atoms with Crippen molar-refractivity contribution in [2.75, 3.05) is 26.1 Å². The second-order valence-corrected chi connectivity index (χ2v) is 55.3. The van der Waals surface area contributed by atoms with Gasteiger partial charge in [-0.25, -0.2) is 0 Å². The molecule has 77 heavy (non-hydrogen) atoms. The van der Waals surface area contributed by atoms with Crippen LogP contribution >= 0.6 is 31.3 Å². The van der Waals surface area contributed by atoms with Crippen LogP contribution in [0, 0.1) is 0 Å². The molecular weight excluding hydrogens is 1190 g/mol. The number of carbonyl (C=O) groups is 2. The van der Waals surface area contributed by atoms with Crippen LogP contribution in [0.1, 0.15) is 96.7 Å². The Morgan fingerprint density at radius 2 is 0.896 bits per heavy atom. The number of hydrogen-bond acceptors (Lipinski definition) is 10. The summed E-state index contributed by atoms with van der Waals surface area (Å²) in [5.74, 6) is 1.65. The first-order valence-corrected chi connectivity index (χ1v) is 53.0. The zero-order valence-corrected chi connectivity index (χ0v) is 57.6. The molecule has 0 bridgehead atoms. The van der Waals surface area contributed by atoms with Crippen molar-refractivity contribution in [1.29, 1.82) is 0 Å². The van der Waals surface area contributed by atoms with Crippen LogP contribution < -0.4 is 9.47 Å². The molecule has 0 spiro atoms. The number of carbonyl (C=O) groups excluding carboxylic acids is 2. The summed E-state index contributed by atoms with van der Waals surface area (Å²) in [7, 11) is -5.50. The van der Waals surface area contributed by atoms with Gasteiger partial charge in [0.2, 0.25) is 0 Å². The van der Waals surface area contributed by atoms with Crippen LogP contribution in [0.25, 0.3) is 0 Å². The Labute approximate surface area is 501 Å². The van der Waals surface area contributed by atoms with E-state index in [1.54, 1.807) is 0 Å². The van der Waals surface area contributed by atoms with E-state index in [1.165, 1.54) is 5.67 Å². The smallest absolute Gasteiger partial charge is 0.324 e. The van der Waals surface area contributed by atoms with Gasteiger partial charge in [-0.05, 0) is 178 Å². The number of benzene rings is 4. The van der Waals surface area contributed by atoms with Gasteiger partial charge < -0.3 is 26.2 Å². The van der Waals surface area contributed by atoms with Crippen molar-refractivity contribution < 1.29 is 35.8 Å². The zero-order valence-electron chi connectivity index (χ0n) is 44.8. The maximum Gasteiger partial charge on any atom is 0.324 e. The molecule has 21 heteroatoms. The van der Waals surface area contributed by atoms with Gasteiger partial charge in [-0.1, -0.05) is 167 Å². The predicted octanol–water partition coefficient (Wildman–Crippen LogP) is 19.8. The van der Waals surface area contributed by atoms with Crippen LogP contribution in [0.3, 0.4) is 0 Å². The molecule has 0 radical (unpaired) electrons. The molecule has 0 aliphatic rings. The molecule has 0 saturated carbocycles. The van der Waals surface area contributed by atoms with E-state index in [0.29, 0.717) is 41.7 Å². The predicted molar refractivity (Wildman–Crippen MR) is 381 cm³/mol. The largest absolute Gasteiger partial charge is 0.494 e. The molecule has 4 unspecified atom stereocenters. The Morgan fingerprint density at radius 1 is 0.558 bits per heavy atom. The minimum absolute atomic E-state index is 0. The summed E-state index contributed by atoms with van der Waals surface area (Å²) in [6, 6.07) is 35.6. The van der Waals surface area contributed by atoms with Crippen molar-refractivity contribution in [1.82, 2.24) is 0 Å². The molecule has 0 fully saturated rings. The third kappa shape index (κ3) is 42.5. The molecule has 0 aliphatic heterocycles. The van der Waals surface area contributed by atoms with Crippen LogP contribution in [0.2, 0.25) is 109 Å². The molecule has 0 heterocycles. The lowest BCUT2D eigenvalue weighted by atomic mass is 10.0. The second-order valence-electron chi connectivity index (χ2n) is 20.6. The van der Waals surface area contributed by atoms with Crippen LogP contribution in [-0.4, -0.2) is 97.3 Å². The normalized spacial score (nSPS) is 12.3. The lowest BCUT2D eigenvalue weighted by molar-refractivity contribution is 0.103. The van der Waals surface area contributed by atoms with Gasteiger partial charge in [0.25, 0.3) is 0 Å². The van der Waals surface area contributed by atoms with Gasteiger partial charge in [-0.15, -0.1) is 0 Å². The van der Waals surface area contributed by atoms with Crippen LogP contribution in [-0.2, 0) is 40.4 Å². The van der Waals surface area contributed by atoms with Gasteiger partial charge in [0, 0.05) is 31.1 Å². The highest BCUT2D eigenvalue weighted by Crippen LogP contribution is 2.27. The quantitative estimate of drug-likeness (QED) is 0.0262. The van der Waals surface area contributed by atoms with Crippen LogP contribution in [0.5, 0.6) is 11.5 Å².